The predicted molar refractivity (Wildman–Crippen MR) is 91.0 cm³/mol. The molecule has 7 heteroatoms. The average Bonchev–Trinajstić information content (AvgIpc) is 3.06. The third-order valence-corrected chi connectivity index (χ3v) is 5.23. The molecule has 0 bridgehead atoms. The first-order chi connectivity index (χ1) is 10.8. The molecule has 0 amide bonds. The zero-order valence-corrected chi connectivity index (χ0v) is 14.9. The molecule has 23 heavy (non-hydrogen) atoms. The van der Waals surface area contributed by atoms with Crippen molar-refractivity contribution in [1.29, 1.82) is 0 Å². The summed E-state index contributed by atoms with van der Waals surface area (Å²) in [5.41, 5.74) is -0.0267. The van der Waals surface area contributed by atoms with Crippen LogP contribution in [-0.4, -0.2) is 50.5 Å². The molecule has 128 valence electrons. The summed E-state index contributed by atoms with van der Waals surface area (Å²) >= 11 is 1.41. The standard InChI is InChI=1S/C16H26N4O2S/c1-16(2,3)14-18-15(23-19-14)17-11-6-12(7-11)20(9-13(21)22)8-10-4-5-10/h10-12H,4-9H2,1-3H3,(H,21,22)(H,17,18,19). The molecule has 6 nitrogen and oxygen atoms in total. The van der Waals surface area contributed by atoms with Gasteiger partial charge in [-0.15, -0.1) is 0 Å². The first kappa shape index (κ1) is 16.6. The number of rotatable bonds is 7. The average molecular weight is 338 g/mol. The quantitative estimate of drug-likeness (QED) is 0.795. The Balaban J connectivity index is 1.49. The van der Waals surface area contributed by atoms with E-state index in [2.05, 4.69) is 40.3 Å². The lowest BCUT2D eigenvalue weighted by atomic mass is 9.85. The Bertz CT molecular complexity index is 559. The van der Waals surface area contributed by atoms with Gasteiger partial charge in [0.2, 0.25) is 5.13 Å². The molecule has 0 aromatic carbocycles. The van der Waals surface area contributed by atoms with Crippen LogP contribution in [0.25, 0.3) is 0 Å². The van der Waals surface area contributed by atoms with Gasteiger partial charge >= 0.3 is 5.97 Å². The van der Waals surface area contributed by atoms with Crippen LogP contribution in [0, 0.1) is 5.92 Å². The van der Waals surface area contributed by atoms with Crippen LogP contribution >= 0.6 is 11.5 Å². The molecule has 0 aliphatic heterocycles. The lowest BCUT2D eigenvalue weighted by Crippen LogP contribution is -2.52. The number of nitrogens with zero attached hydrogens (tertiary/aromatic N) is 3. The number of aromatic nitrogens is 2. The van der Waals surface area contributed by atoms with Gasteiger partial charge in [-0.05, 0) is 31.6 Å². The molecule has 0 radical (unpaired) electrons. The molecule has 0 saturated heterocycles. The van der Waals surface area contributed by atoms with Crippen LogP contribution in [0.1, 0.15) is 52.3 Å². The second-order valence-corrected chi connectivity index (χ2v) is 8.66. The van der Waals surface area contributed by atoms with E-state index < -0.39 is 5.97 Å². The van der Waals surface area contributed by atoms with E-state index in [1.807, 2.05) is 0 Å². The second-order valence-electron chi connectivity index (χ2n) is 7.91. The van der Waals surface area contributed by atoms with Gasteiger partial charge in [-0.25, -0.2) is 4.98 Å². The molecule has 0 spiro atoms. The van der Waals surface area contributed by atoms with Crippen LogP contribution in [0.15, 0.2) is 0 Å². The Morgan fingerprint density at radius 2 is 2.09 bits per heavy atom. The highest BCUT2D eigenvalue weighted by Crippen LogP contribution is 2.35. The monoisotopic (exact) mass is 338 g/mol. The van der Waals surface area contributed by atoms with Crippen molar-refractivity contribution >= 4 is 22.6 Å². The van der Waals surface area contributed by atoms with Gasteiger partial charge in [-0.2, -0.15) is 4.37 Å². The van der Waals surface area contributed by atoms with Crippen molar-refractivity contribution in [2.75, 3.05) is 18.4 Å². The summed E-state index contributed by atoms with van der Waals surface area (Å²) in [5.74, 6) is 0.877. The van der Waals surface area contributed by atoms with Crippen LogP contribution in [0.5, 0.6) is 0 Å². The fraction of sp³-hybridized carbons (Fsp3) is 0.812. The number of carbonyl (C=O) groups is 1. The van der Waals surface area contributed by atoms with E-state index in [4.69, 9.17) is 5.11 Å². The zero-order chi connectivity index (χ0) is 16.6. The van der Waals surface area contributed by atoms with Gasteiger partial charge in [0.15, 0.2) is 0 Å². The van der Waals surface area contributed by atoms with Crippen LogP contribution in [0.4, 0.5) is 5.13 Å². The molecule has 0 unspecified atom stereocenters. The molecule has 2 fully saturated rings. The molecule has 2 N–H and O–H groups in total. The Morgan fingerprint density at radius 1 is 1.39 bits per heavy atom. The van der Waals surface area contributed by atoms with Crippen LogP contribution in [0.3, 0.4) is 0 Å². The third kappa shape index (κ3) is 4.41. The molecular formula is C16H26N4O2S. The van der Waals surface area contributed by atoms with E-state index in [9.17, 15) is 4.79 Å². The number of carboxylic acids is 1. The minimum Gasteiger partial charge on any atom is -0.480 e. The number of hydrogen-bond acceptors (Lipinski definition) is 6. The Labute approximate surface area is 141 Å². The summed E-state index contributed by atoms with van der Waals surface area (Å²) in [6.45, 7) is 7.44. The molecule has 2 aliphatic rings. The third-order valence-electron chi connectivity index (χ3n) is 4.58. The fourth-order valence-corrected chi connectivity index (χ4v) is 3.75. The van der Waals surface area contributed by atoms with Crippen LogP contribution in [0.2, 0.25) is 0 Å². The van der Waals surface area contributed by atoms with Crippen molar-refractivity contribution in [2.24, 2.45) is 5.92 Å². The number of hydrogen-bond donors (Lipinski definition) is 2. The van der Waals surface area contributed by atoms with E-state index in [-0.39, 0.29) is 12.0 Å². The molecule has 1 aromatic heterocycles. The van der Waals surface area contributed by atoms with Crippen molar-refractivity contribution in [3.63, 3.8) is 0 Å². The molecule has 2 aliphatic carbocycles. The van der Waals surface area contributed by atoms with Gasteiger partial charge < -0.3 is 10.4 Å². The second kappa shape index (κ2) is 6.36. The summed E-state index contributed by atoms with van der Waals surface area (Å²) in [6, 6.07) is 0.774. The number of nitrogens with one attached hydrogen (secondary N) is 1. The van der Waals surface area contributed by atoms with E-state index in [1.165, 1.54) is 24.4 Å². The van der Waals surface area contributed by atoms with Gasteiger partial charge in [0.1, 0.15) is 5.82 Å². The van der Waals surface area contributed by atoms with E-state index in [0.29, 0.717) is 12.1 Å². The number of anilines is 1. The van der Waals surface area contributed by atoms with Crippen molar-refractivity contribution in [2.45, 2.75) is 64.0 Å². The highest BCUT2D eigenvalue weighted by atomic mass is 32.1. The summed E-state index contributed by atoms with van der Waals surface area (Å²) in [6.07, 6.45) is 4.49. The lowest BCUT2D eigenvalue weighted by Gasteiger charge is -2.42. The van der Waals surface area contributed by atoms with Gasteiger partial charge in [-0.1, -0.05) is 20.8 Å². The first-order valence-electron chi connectivity index (χ1n) is 8.38. The maximum absolute atomic E-state index is 11.1. The van der Waals surface area contributed by atoms with Crippen LogP contribution in [-0.2, 0) is 10.2 Å². The van der Waals surface area contributed by atoms with Crippen LogP contribution < -0.4 is 5.32 Å². The number of aliphatic carboxylic acids is 1. The molecule has 2 saturated carbocycles. The Morgan fingerprint density at radius 3 is 2.61 bits per heavy atom. The Hall–Kier alpha value is -1.21. The molecule has 1 aromatic rings. The normalized spacial score (nSPS) is 24.5. The van der Waals surface area contributed by atoms with Gasteiger partial charge in [-0.3, -0.25) is 9.69 Å². The predicted octanol–water partition coefficient (Wildman–Crippen LogP) is 2.58. The lowest BCUT2D eigenvalue weighted by molar-refractivity contribution is -0.139. The van der Waals surface area contributed by atoms with Gasteiger partial charge in [0, 0.05) is 35.6 Å². The molecular weight excluding hydrogens is 312 g/mol. The van der Waals surface area contributed by atoms with E-state index in [0.717, 1.165) is 36.3 Å². The maximum Gasteiger partial charge on any atom is 0.317 e. The first-order valence-corrected chi connectivity index (χ1v) is 9.15. The van der Waals surface area contributed by atoms with Crippen molar-refractivity contribution < 1.29 is 9.90 Å². The van der Waals surface area contributed by atoms with Gasteiger partial charge in [0.05, 0.1) is 6.54 Å². The van der Waals surface area contributed by atoms with Crippen molar-refractivity contribution in [3.05, 3.63) is 5.82 Å². The molecule has 3 rings (SSSR count). The highest BCUT2D eigenvalue weighted by molar-refractivity contribution is 7.09. The topological polar surface area (TPSA) is 78.4 Å². The number of carboxylic acid groups (broad SMARTS) is 1. The summed E-state index contributed by atoms with van der Waals surface area (Å²) in [4.78, 5) is 17.8. The van der Waals surface area contributed by atoms with E-state index >= 15 is 0 Å². The summed E-state index contributed by atoms with van der Waals surface area (Å²) < 4.78 is 4.42. The smallest absolute Gasteiger partial charge is 0.317 e. The zero-order valence-electron chi connectivity index (χ0n) is 14.1. The van der Waals surface area contributed by atoms with Crippen molar-refractivity contribution in [3.8, 4) is 0 Å². The van der Waals surface area contributed by atoms with Gasteiger partial charge in [0.25, 0.3) is 0 Å². The SMILES string of the molecule is CC(C)(C)c1nsc(NC2CC(N(CC(=O)O)CC3CC3)C2)n1. The molecule has 0 atom stereocenters. The summed E-state index contributed by atoms with van der Waals surface area (Å²) in [5, 5.41) is 13.4. The maximum atomic E-state index is 11.1. The summed E-state index contributed by atoms with van der Waals surface area (Å²) in [7, 11) is 0. The minimum atomic E-state index is -0.721. The fourth-order valence-electron chi connectivity index (χ4n) is 2.91. The highest BCUT2D eigenvalue weighted by Gasteiger charge is 2.37. The van der Waals surface area contributed by atoms with Crippen molar-refractivity contribution in [1.82, 2.24) is 14.3 Å². The minimum absolute atomic E-state index is 0.0267. The molecule has 1 heterocycles. The van der Waals surface area contributed by atoms with E-state index in [1.54, 1.807) is 0 Å². The Kier molecular flexibility index (Phi) is 4.60. The largest absolute Gasteiger partial charge is 0.480 e.